The minimum Gasteiger partial charge on any atom is -0.330 e. The van der Waals surface area contributed by atoms with Crippen LogP contribution in [0.4, 0.5) is 5.69 Å². The Hall–Kier alpha value is -0.940. The molecule has 0 aliphatic heterocycles. The number of halogens is 1. The first-order valence-corrected chi connectivity index (χ1v) is 5.49. The topological polar surface area (TPSA) is 69.2 Å². The molecule has 0 saturated heterocycles. The van der Waals surface area contributed by atoms with Crippen molar-refractivity contribution in [3.8, 4) is 0 Å². The second-order valence-electron chi connectivity index (χ2n) is 3.44. The molecule has 15 heavy (non-hydrogen) atoms. The van der Waals surface area contributed by atoms with E-state index in [0.29, 0.717) is 6.54 Å². The molecule has 0 aliphatic carbocycles. The summed E-state index contributed by atoms with van der Waals surface area (Å²) in [4.78, 5) is 10.5. The minimum atomic E-state index is -0.354. The molecule has 1 aromatic carbocycles. The highest BCUT2D eigenvalue weighted by atomic mass is 79.9. The molecule has 4 nitrogen and oxygen atoms in total. The molecule has 0 spiro atoms. The summed E-state index contributed by atoms with van der Waals surface area (Å²) in [6.45, 7) is 2.48. The van der Waals surface area contributed by atoms with Crippen LogP contribution in [0.5, 0.6) is 0 Å². The Balaban J connectivity index is 3.10. The molecule has 1 atom stereocenters. The second-order valence-corrected chi connectivity index (χ2v) is 4.35. The van der Waals surface area contributed by atoms with Crippen molar-refractivity contribution in [1.82, 2.24) is 0 Å². The molecule has 1 aromatic rings. The maximum atomic E-state index is 10.8. The van der Waals surface area contributed by atoms with E-state index < -0.39 is 0 Å². The average molecular weight is 273 g/mol. The molecule has 5 heteroatoms. The Morgan fingerprint density at radius 1 is 1.60 bits per heavy atom. The van der Waals surface area contributed by atoms with Crippen LogP contribution in [0, 0.1) is 10.1 Å². The average Bonchev–Trinajstić information content (AvgIpc) is 2.17. The first-order valence-electron chi connectivity index (χ1n) is 4.70. The molecule has 0 aromatic heterocycles. The summed E-state index contributed by atoms with van der Waals surface area (Å²) in [7, 11) is 0. The van der Waals surface area contributed by atoms with E-state index in [-0.39, 0.29) is 16.5 Å². The van der Waals surface area contributed by atoms with Crippen LogP contribution in [0.3, 0.4) is 0 Å². The van der Waals surface area contributed by atoms with E-state index in [1.807, 2.05) is 13.0 Å². The van der Waals surface area contributed by atoms with Crippen molar-refractivity contribution in [2.24, 2.45) is 5.73 Å². The Labute approximate surface area is 96.8 Å². The van der Waals surface area contributed by atoms with Crippen molar-refractivity contribution in [2.45, 2.75) is 19.3 Å². The van der Waals surface area contributed by atoms with Crippen molar-refractivity contribution in [3.63, 3.8) is 0 Å². The summed E-state index contributed by atoms with van der Waals surface area (Å²) >= 11 is 3.22. The van der Waals surface area contributed by atoms with Gasteiger partial charge in [-0.2, -0.15) is 0 Å². The Kier molecular flexibility index (Phi) is 4.23. The van der Waals surface area contributed by atoms with Crippen molar-refractivity contribution in [1.29, 1.82) is 0 Å². The summed E-state index contributed by atoms with van der Waals surface area (Å²) in [5.41, 5.74) is 6.35. The first kappa shape index (κ1) is 12.1. The fourth-order valence-corrected chi connectivity index (χ4v) is 1.85. The van der Waals surface area contributed by atoms with Gasteiger partial charge in [0.25, 0.3) is 5.69 Å². The predicted octanol–water partition coefficient (Wildman–Crippen LogP) is 2.81. The van der Waals surface area contributed by atoms with E-state index in [1.165, 1.54) is 6.07 Å². The van der Waals surface area contributed by atoms with Crippen LogP contribution < -0.4 is 5.73 Å². The predicted molar refractivity (Wildman–Crippen MR) is 62.9 cm³/mol. The summed E-state index contributed by atoms with van der Waals surface area (Å²) in [6, 6.07) is 5.13. The summed E-state index contributed by atoms with van der Waals surface area (Å²) < 4.78 is 0.720. The van der Waals surface area contributed by atoms with E-state index in [1.54, 1.807) is 6.07 Å². The van der Waals surface area contributed by atoms with Gasteiger partial charge in [-0.1, -0.05) is 28.9 Å². The Morgan fingerprint density at radius 2 is 2.27 bits per heavy atom. The molecule has 2 N–H and O–H groups in total. The van der Waals surface area contributed by atoms with Gasteiger partial charge < -0.3 is 5.73 Å². The fourth-order valence-electron chi connectivity index (χ4n) is 1.50. The van der Waals surface area contributed by atoms with Gasteiger partial charge in [0.05, 0.1) is 4.92 Å². The molecular weight excluding hydrogens is 260 g/mol. The third-order valence-electron chi connectivity index (χ3n) is 2.32. The second kappa shape index (κ2) is 5.23. The molecule has 0 bridgehead atoms. The zero-order valence-corrected chi connectivity index (χ0v) is 10.0. The van der Waals surface area contributed by atoms with Crippen LogP contribution >= 0.6 is 15.9 Å². The Bertz CT molecular complexity index is 368. The molecule has 0 radical (unpaired) electrons. The largest absolute Gasteiger partial charge is 0.330 e. The number of nitrogens with two attached hydrogens (primary N) is 1. The van der Waals surface area contributed by atoms with Crippen LogP contribution in [-0.4, -0.2) is 11.5 Å². The van der Waals surface area contributed by atoms with Gasteiger partial charge in [-0.05, 0) is 24.9 Å². The van der Waals surface area contributed by atoms with E-state index in [9.17, 15) is 10.1 Å². The van der Waals surface area contributed by atoms with Gasteiger partial charge in [-0.25, -0.2) is 0 Å². The maximum absolute atomic E-state index is 10.8. The first-order chi connectivity index (χ1) is 7.06. The molecule has 0 fully saturated rings. The molecule has 0 heterocycles. The van der Waals surface area contributed by atoms with Gasteiger partial charge in [-0.3, -0.25) is 10.1 Å². The normalized spacial score (nSPS) is 12.5. The lowest BCUT2D eigenvalue weighted by Gasteiger charge is -2.10. The number of nitro benzene ring substituents is 1. The van der Waals surface area contributed by atoms with Gasteiger partial charge in [0, 0.05) is 16.1 Å². The SMILES string of the molecule is CC(CCN)c1ccc(Br)cc1[N+](=O)[O-]. The number of rotatable bonds is 4. The third kappa shape index (κ3) is 3.00. The highest BCUT2D eigenvalue weighted by molar-refractivity contribution is 9.10. The van der Waals surface area contributed by atoms with Crippen molar-refractivity contribution >= 4 is 21.6 Å². The van der Waals surface area contributed by atoms with E-state index >= 15 is 0 Å². The lowest BCUT2D eigenvalue weighted by atomic mass is 9.96. The number of nitro groups is 1. The van der Waals surface area contributed by atoms with Gasteiger partial charge in [0.2, 0.25) is 0 Å². The van der Waals surface area contributed by atoms with Gasteiger partial charge in [0.15, 0.2) is 0 Å². The Morgan fingerprint density at radius 3 is 2.80 bits per heavy atom. The van der Waals surface area contributed by atoms with Crippen LogP contribution in [0.2, 0.25) is 0 Å². The lowest BCUT2D eigenvalue weighted by Crippen LogP contribution is -2.06. The zero-order valence-electron chi connectivity index (χ0n) is 8.44. The fraction of sp³-hybridized carbons (Fsp3) is 0.400. The molecule has 0 aliphatic rings. The standard InChI is InChI=1S/C10H13BrN2O2/c1-7(4-5-12)9-3-2-8(11)6-10(9)13(14)15/h2-3,6-7H,4-5,12H2,1H3. The quantitative estimate of drug-likeness (QED) is 0.677. The van der Waals surface area contributed by atoms with Crippen LogP contribution in [0.15, 0.2) is 22.7 Å². The van der Waals surface area contributed by atoms with Crippen molar-refractivity contribution in [2.75, 3.05) is 6.54 Å². The molecular formula is C10H13BrN2O2. The smallest absolute Gasteiger partial charge is 0.273 e. The summed E-state index contributed by atoms with van der Waals surface area (Å²) in [5.74, 6) is 0.114. The number of nitrogens with zero attached hydrogens (tertiary/aromatic N) is 1. The lowest BCUT2D eigenvalue weighted by molar-refractivity contribution is -0.385. The van der Waals surface area contributed by atoms with E-state index in [0.717, 1.165) is 16.5 Å². The summed E-state index contributed by atoms with van der Waals surface area (Å²) in [5, 5.41) is 10.8. The number of benzene rings is 1. The molecule has 1 unspecified atom stereocenters. The van der Waals surface area contributed by atoms with E-state index in [2.05, 4.69) is 15.9 Å². The minimum absolute atomic E-state index is 0.114. The van der Waals surface area contributed by atoms with Crippen molar-refractivity contribution < 1.29 is 4.92 Å². The number of hydrogen-bond acceptors (Lipinski definition) is 3. The van der Waals surface area contributed by atoms with E-state index in [4.69, 9.17) is 5.73 Å². The molecule has 0 amide bonds. The third-order valence-corrected chi connectivity index (χ3v) is 2.81. The molecule has 0 saturated carbocycles. The highest BCUT2D eigenvalue weighted by Crippen LogP contribution is 2.30. The monoisotopic (exact) mass is 272 g/mol. The maximum Gasteiger partial charge on any atom is 0.273 e. The van der Waals surface area contributed by atoms with Crippen LogP contribution in [-0.2, 0) is 0 Å². The molecule has 1 rings (SSSR count). The summed E-state index contributed by atoms with van der Waals surface area (Å²) in [6.07, 6.45) is 0.752. The zero-order chi connectivity index (χ0) is 11.4. The van der Waals surface area contributed by atoms with Gasteiger partial charge in [0.1, 0.15) is 0 Å². The van der Waals surface area contributed by atoms with Gasteiger partial charge >= 0.3 is 0 Å². The number of hydrogen-bond donors (Lipinski definition) is 1. The molecule has 82 valence electrons. The van der Waals surface area contributed by atoms with Crippen molar-refractivity contribution in [3.05, 3.63) is 38.3 Å². The van der Waals surface area contributed by atoms with Crippen LogP contribution in [0.25, 0.3) is 0 Å². The highest BCUT2D eigenvalue weighted by Gasteiger charge is 2.18. The van der Waals surface area contributed by atoms with Gasteiger partial charge in [-0.15, -0.1) is 0 Å². The van der Waals surface area contributed by atoms with Crippen LogP contribution in [0.1, 0.15) is 24.8 Å².